The smallest absolute Gasteiger partial charge is 0.319 e. The van der Waals surface area contributed by atoms with Gasteiger partial charge in [-0.05, 0) is 44.9 Å². The van der Waals surface area contributed by atoms with E-state index >= 15 is 0 Å². The lowest BCUT2D eigenvalue weighted by molar-refractivity contribution is 0.250. The van der Waals surface area contributed by atoms with Crippen molar-refractivity contribution in [3.05, 3.63) is 46.8 Å². The summed E-state index contributed by atoms with van der Waals surface area (Å²) < 4.78 is 5.43. The van der Waals surface area contributed by atoms with Gasteiger partial charge in [0.1, 0.15) is 5.76 Å². The first-order valence-electron chi connectivity index (χ1n) is 10.6. The number of aliphatic imine (C=N–C) groups is 1. The van der Waals surface area contributed by atoms with Crippen molar-refractivity contribution < 1.29 is 9.32 Å². The largest absolute Gasteiger partial charge is 0.361 e. The summed E-state index contributed by atoms with van der Waals surface area (Å²) in [5, 5.41) is 16.4. The summed E-state index contributed by atoms with van der Waals surface area (Å²) in [5.74, 6) is 1.65. The molecule has 0 aliphatic rings. The molecule has 1 aromatic heterocycles. The van der Waals surface area contributed by atoms with Crippen LogP contribution in [0.5, 0.6) is 0 Å². The van der Waals surface area contributed by atoms with Gasteiger partial charge in [-0.25, -0.2) is 9.79 Å². The predicted octanol–water partition coefficient (Wildman–Crippen LogP) is 3.58. The summed E-state index contributed by atoms with van der Waals surface area (Å²) in [6.45, 7) is 11.9. The monoisotopic (exact) mass is 414 g/mol. The van der Waals surface area contributed by atoms with Gasteiger partial charge in [0, 0.05) is 36.8 Å². The summed E-state index contributed by atoms with van der Waals surface area (Å²) >= 11 is 0. The molecule has 0 aliphatic carbocycles. The van der Waals surface area contributed by atoms with E-state index in [0.29, 0.717) is 13.1 Å². The Morgan fingerprint density at radius 1 is 1.10 bits per heavy atom. The number of carbonyl (C=O) groups excluding carboxylic acids is 1. The maximum atomic E-state index is 11.8. The van der Waals surface area contributed by atoms with E-state index < -0.39 is 0 Å². The molecule has 4 N–H and O–H groups in total. The number of hydrogen-bond donors (Lipinski definition) is 4. The number of anilines is 1. The Kier molecular flexibility index (Phi) is 9.18. The average Bonchev–Trinajstić information content (AvgIpc) is 3.12. The maximum Gasteiger partial charge on any atom is 0.319 e. The van der Waals surface area contributed by atoms with Crippen LogP contribution in [0.1, 0.15) is 57.2 Å². The lowest BCUT2D eigenvalue weighted by atomic mass is 10.1. The highest BCUT2D eigenvalue weighted by Crippen LogP contribution is 2.15. The van der Waals surface area contributed by atoms with E-state index in [9.17, 15) is 4.79 Å². The summed E-state index contributed by atoms with van der Waals surface area (Å²) in [4.78, 5) is 16.5. The minimum atomic E-state index is -0.207. The van der Waals surface area contributed by atoms with Gasteiger partial charge in [-0.2, -0.15) is 0 Å². The fraction of sp³-hybridized carbons (Fsp3) is 0.500. The van der Waals surface area contributed by atoms with Gasteiger partial charge in [-0.15, -0.1) is 0 Å². The highest BCUT2D eigenvalue weighted by Gasteiger charge is 2.13. The Bertz CT molecular complexity index is 805. The molecule has 0 radical (unpaired) electrons. The SMILES string of the molecule is CCNC(=NCc1ccc(NC(=O)NC(C)C)cc1)NCc1c(CC)noc1CC. The topological polar surface area (TPSA) is 104 Å². The van der Waals surface area contributed by atoms with Crippen LogP contribution in [0, 0.1) is 0 Å². The van der Waals surface area contributed by atoms with Crippen LogP contribution in [0.4, 0.5) is 10.5 Å². The minimum Gasteiger partial charge on any atom is -0.361 e. The van der Waals surface area contributed by atoms with Crippen molar-refractivity contribution in [1.82, 2.24) is 21.1 Å². The van der Waals surface area contributed by atoms with Gasteiger partial charge in [0.2, 0.25) is 0 Å². The molecule has 2 aromatic rings. The fourth-order valence-electron chi connectivity index (χ4n) is 2.94. The second-order valence-electron chi connectivity index (χ2n) is 7.24. The molecule has 2 amide bonds. The van der Waals surface area contributed by atoms with E-state index in [0.717, 1.165) is 53.6 Å². The maximum absolute atomic E-state index is 11.8. The Morgan fingerprint density at radius 3 is 2.43 bits per heavy atom. The van der Waals surface area contributed by atoms with Crippen LogP contribution < -0.4 is 21.3 Å². The van der Waals surface area contributed by atoms with Crippen molar-refractivity contribution in [2.45, 2.75) is 66.6 Å². The molecule has 0 aliphatic heterocycles. The van der Waals surface area contributed by atoms with Crippen LogP contribution in [0.3, 0.4) is 0 Å². The number of carbonyl (C=O) groups is 1. The molecule has 164 valence electrons. The van der Waals surface area contributed by atoms with E-state index in [1.165, 1.54) is 0 Å². The number of benzene rings is 1. The molecule has 0 atom stereocenters. The van der Waals surface area contributed by atoms with Crippen molar-refractivity contribution in [3.63, 3.8) is 0 Å². The molecule has 1 heterocycles. The molecule has 0 fully saturated rings. The first-order chi connectivity index (χ1) is 14.5. The third-order valence-electron chi connectivity index (χ3n) is 4.44. The van der Waals surface area contributed by atoms with E-state index in [4.69, 9.17) is 4.52 Å². The van der Waals surface area contributed by atoms with E-state index in [-0.39, 0.29) is 12.1 Å². The number of aromatic nitrogens is 1. The number of nitrogens with zero attached hydrogens (tertiary/aromatic N) is 2. The fourth-order valence-corrected chi connectivity index (χ4v) is 2.94. The lowest BCUT2D eigenvalue weighted by Crippen LogP contribution is -2.37. The number of amides is 2. The van der Waals surface area contributed by atoms with E-state index in [2.05, 4.69) is 45.3 Å². The van der Waals surface area contributed by atoms with Gasteiger partial charge in [0.25, 0.3) is 0 Å². The van der Waals surface area contributed by atoms with Crippen LogP contribution in [-0.4, -0.2) is 29.7 Å². The quantitative estimate of drug-likeness (QED) is 0.371. The number of rotatable bonds is 9. The summed E-state index contributed by atoms with van der Waals surface area (Å²) in [6.07, 6.45) is 1.65. The molecule has 30 heavy (non-hydrogen) atoms. The standard InChI is InChI=1S/C22H34N6O2/c1-6-19-18(20(7-2)30-28-19)14-25-21(23-8-3)24-13-16-9-11-17(12-10-16)27-22(29)26-15(4)5/h9-12,15H,6-8,13-14H2,1-5H3,(H2,23,24,25)(H2,26,27,29). The molecule has 0 unspecified atom stereocenters. The highest BCUT2D eigenvalue weighted by atomic mass is 16.5. The Labute approximate surface area is 178 Å². The normalized spacial score (nSPS) is 11.5. The zero-order chi connectivity index (χ0) is 21.9. The van der Waals surface area contributed by atoms with E-state index in [1.807, 2.05) is 45.0 Å². The van der Waals surface area contributed by atoms with Crippen LogP contribution in [0.25, 0.3) is 0 Å². The predicted molar refractivity (Wildman–Crippen MR) is 121 cm³/mol. The van der Waals surface area contributed by atoms with Crippen LogP contribution in [-0.2, 0) is 25.9 Å². The van der Waals surface area contributed by atoms with Crippen molar-refractivity contribution in [3.8, 4) is 0 Å². The number of aryl methyl sites for hydroxylation is 2. The number of urea groups is 1. The summed E-state index contributed by atoms with van der Waals surface area (Å²) in [6, 6.07) is 7.56. The number of guanidine groups is 1. The van der Waals surface area contributed by atoms with Gasteiger partial charge in [-0.1, -0.05) is 31.1 Å². The third-order valence-corrected chi connectivity index (χ3v) is 4.44. The Hall–Kier alpha value is -3.03. The zero-order valence-corrected chi connectivity index (χ0v) is 18.6. The van der Waals surface area contributed by atoms with Gasteiger partial charge < -0.3 is 25.8 Å². The Balaban J connectivity index is 1.97. The summed E-state index contributed by atoms with van der Waals surface area (Å²) in [7, 11) is 0. The molecular weight excluding hydrogens is 380 g/mol. The molecule has 0 spiro atoms. The van der Waals surface area contributed by atoms with Crippen LogP contribution in [0.2, 0.25) is 0 Å². The molecule has 8 heteroatoms. The molecule has 2 rings (SSSR count). The first kappa shape index (κ1) is 23.3. The van der Waals surface area contributed by atoms with Crippen molar-refractivity contribution in [1.29, 1.82) is 0 Å². The van der Waals surface area contributed by atoms with Crippen molar-refractivity contribution >= 4 is 17.7 Å². The first-order valence-corrected chi connectivity index (χ1v) is 10.6. The Morgan fingerprint density at radius 2 is 1.83 bits per heavy atom. The minimum absolute atomic E-state index is 0.0928. The number of nitrogens with one attached hydrogen (secondary N) is 4. The van der Waals surface area contributed by atoms with Crippen LogP contribution in [0.15, 0.2) is 33.8 Å². The second kappa shape index (κ2) is 11.8. The molecular formula is C22H34N6O2. The average molecular weight is 415 g/mol. The van der Waals surface area contributed by atoms with Gasteiger partial charge in [-0.3, -0.25) is 0 Å². The van der Waals surface area contributed by atoms with E-state index in [1.54, 1.807) is 0 Å². The summed E-state index contributed by atoms with van der Waals surface area (Å²) in [5.41, 5.74) is 3.90. The zero-order valence-electron chi connectivity index (χ0n) is 18.6. The third kappa shape index (κ3) is 7.09. The van der Waals surface area contributed by atoms with Gasteiger partial charge in [0.15, 0.2) is 5.96 Å². The highest BCUT2D eigenvalue weighted by molar-refractivity contribution is 5.89. The lowest BCUT2D eigenvalue weighted by Gasteiger charge is -2.12. The molecule has 0 saturated carbocycles. The molecule has 8 nitrogen and oxygen atoms in total. The van der Waals surface area contributed by atoms with Gasteiger partial charge >= 0.3 is 6.03 Å². The molecule has 1 aromatic carbocycles. The second-order valence-corrected chi connectivity index (χ2v) is 7.24. The van der Waals surface area contributed by atoms with Crippen LogP contribution >= 0.6 is 0 Å². The molecule has 0 saturated heterocycles. The molecule has 0 bridgehead atoms. The number of hydrogen-bond acceptors (Lipinski definition) is 4. The van der Waals surface area contributed by atoms with Crippen molar-refractivity contribution in [2.24, 2.45) is 4.99 Å². The van der Waals surface area contributed by atoms with Gasteiger partial charge in [0.05, 0.1) is 12.2 Å². The van der Waals surface area contributed by atoms with Crippen molar-refractivity contribution in [2.75, 3.05) is 11.9 Å².